The quantitative estimate of drug-likeness (QED) is 0.816. The molecule has 25 heavy (non-hydrogen) atoms. The highest BCUT2D eigenvalue weighted by molar-refractivity contribution is 6.36. The van der Waals surface area contributed by atoms with Crippen molar-refractivity contribution >= 4 is 34.7 Å². The second-order valence-electron chi connectivity index (χ2n) is 6.01. The first-order valence-corrected chi connectivity index (χ1v) is 8.59. The maximum Gasteiger partial charge on any atom is 0.278 e. The van der Waals surface area contributed by atoms with E-state index in [9.17, 15) is 9.59 Å². The number of nitrogens with zero attached hydrogens (tertiary/aromatic N) is 1. The summed E-state index contributed by atoms with van der Waals surface area (Å²) in [6, 6.07) is 14.6. The second-order valence-corrected chi connectivity index (χ2v) is 6.45. The van der Waals surface area contributed by atoms with Crippen molar-refractivity contribution in [1.82, 2.24) is 4.90 Å². The van der Waals surface area contributed by atoms with E-state index in [0.717, 1.165) is 11.3 Å². The fourth-order valence-corrected chi connectivity index (χ4v) is 2.91. The molecular weight excluding hydrogens is 336 g/mol. The number of carbonyl (C=O) groups excluding carboxylic acids is 2. The van der Waals surface area contributed by atoms with E-state index in [1.165, 1.54) is 4.90 Å². The van der Waals surface area contributed by atoms with Crippen LogP contribution in [0.3, 0.4) is 0 Å². The number of nitrogens with one attached hydrogen (secondary N) is 1. The van der Waals surface area contributed by atoms with Gasteiger partial charge in [0.2, 0.25) is 0 Å². The molecule has 4 nitrogen and oxygen atoms in total. The Morgan fingerprint density at radius 1 is 0.960 bits per heavy atom. The predicted octanol–water partition coefficient (Wildman–Crippen LogP) is 4.25. The molecule has 1 N–H and O–H groups in total. The van der Waals surface area contributed by atoms with Gasteiger partial charge < -0.3 is 5.32 Å². The van der Waals surface area contributed by atoms with E-state index in [1.54, 1.807) is 24.3 Å². The molecule has 0 spiro atoms. The van der Waals surface area contributed by atoms with E-state index >= 15 is 0 Å². The van der Waals surface area contributed by atoms with Crippen LogP contribution in [0.25, 0.3) is 5.57 Å². The number of amides is 2. The molecule has 3 rings (SSSR count). The molecule has 1 aliphatic heterocycles. The third-order valence-electron chi connectivity index (χ3n) is 4.07. The monoisotopic (exact) mass is 354 g/mol. The number of aryl methyl sites for hydroxylation is 1. The van der Waals surface area contributed by atoms with Gasteiger partial charge in [-0.15, -0.1) is 0 Å². The van der Waals surface area contributed by atoms with Crippen molar-refractivity contribution in [2.75, 3.05) is 11.9 Å². The van der Waals surface area contributed by atoms with Crippen LogP contribution in [0.15, 0.2) is 54.2 Å². The molecule has 0 radical (unpaired) electrons. The summed E-state index contributed by atoms with van der Waals surface area (Å²) in [5, 5.41) is 3.72. The lowest BCUT2D eigenvalue weighted by Gasteiger charge is -2.13. The zero-order valence-electron chi connectivity index (χ0n) is 14.2. The maximum atomic E-state index is 12.8. The largest absolute Gasteiger partial charge is 0.350 e. The van der Waals surface area contributed by atoms with E-state index in [2.05, 4.69) is 5.32 Å². The molecular formula is C20H19ClN2O2. The van der Waals surface area contributed by atoms with Crippen molar-refractivity contribution in [1.29, 1.82) is 0 Å². The molecule has 0 aromatic heterocycles. The maximum absolute atomic E-state index is 12.8. The summed E-state index contributed by atoms with van der Waals surface area (Å²) >= 11 is 5.95. The van der Waals surface area contributed by atoms with Crippen molar-refractivity contribution in [3.05, 3.63) is 70.4 Å². The molecule has 0 fully saturated rings. The Morgan fingerprint density at radius 2 is 1.60 bits per heavy atom. The Labute approximate surface area is 152 Å². The average molecular weight is 355 g/mol. The van der Waals surface area contributed by atoms with Crippen LogP contribution < -0.4 is 5.32 Å². The van der Waals surface area contributed by atoms with Gasteiger partial charge in [-0.25, -0.2) is 0 Å². The molecule has 0 aliphatic carbocycles. The smallest absolute Gasteiger partial charge is 0.278 e. The first-order valence-electron chi connectivity index (χ1n) is 8.21. The predicted molar refractivity (Wildman–Crippen MR) is 100 cm³/mol. The molecule has 0 unspecified atom stereocenters. The highest BCUT2D eigenvalue weighted by Crippen LogP contribution is 2.31. The summed E-state index contributed by atoms with van der Waals surface area (Å²) in [7, 11) is 0. The Hall–Kier alpha value is -2.59. The zero-order chi connectivity index (χ0) is 18.0. The van der Waals surface area contributed by atoms with Crippen molar-refractivity contribution in [2.24, 2.45) is 0 Å². The van der Waals surface area contributed by atoms with Crippen LogP contribution in [-0.2, 0) is 9.59 Å². The molecule has 1 heterocycles. The highest BCUT2D eigenvalue weighted by atomic mass is 35.5. The van der Waals surface area contributed by atoms with Crippen molar-refractivity contribution in [2.45, 2.75) is 20.3 Å². The van der Waals surface area contributed by atoms with Gasteiger partial charge in [0.05, 0.1) is 5.57 Å². The van der Waals surface area contributed by atoms with Crippen LogP contribution in [-0.4, -0.2) is 23.3 Å². The third-order valence-corrected chi connectivity index (χ3v) is 4.32. The number of hydrogen-bond acceptors (Lipinski definition) is 3. The van der Waals surface area contributed by atoms with Crippen molar-refractivity contribution in [3.8, 4) is 0 Å². The van der Waals surface area contributed by atoms with Gasteiger partial charge in [-0.05, 0) is 43.2 Å². The summed E-state index contributed by atoms with van der Waals surface area (Å²) in [5.74, 6) is -0.568. The van der Waals surface area contributed by atoms with E-state index in [-0.39, 0.29) is 11.8 Å². The molecule has 0 atom stereocenters. The van der Waals surface area contributed by atoms with Gasteiger partial charge in [0.1, 0.15) is 5.70 Å². The summed E-state index contributed by atoms with van der Waals surface area (Å²) < 4.78 is 0. The summed E-state index contributed by atoms with van der Waals surface area (Å²) in [6.45, 7) is 4.33. The van der Waals surface area contributed by atoms with Gasteiger partial charge in [0, 0.05) is 17.3 Å². The first-order chi connectivity index (χ1) is 12.0. The average Bonchev–Trinajstić information content (AvgIpc) is 2.83. The molecule has 0 saturated carbocycles. The van der Waals surface area contributed by atoms with Crippen molar-refractivity contribution in [3.63, 3.8) is 0 Å². The molecule has 0 bridgehead atoms. The summed E-state index contributed by atoms with van der Waals surface area (Å²) in [6.07, 6.45) is 0.711. The number of imide groups is 1. The molecule has 5 heteroatoms. The number of benzene rings is 2. The number of hydrogen-bond donors (Lipinski definition) is 1. The minimum absolute atomic E-state index is 0.274. The van der Waals surface area contributed by atoms with E-state index in [1.807, 2.05) is 38.1 Å². The van der Waals surface area contributed by atoms with Gasteiger partial charge in [0.25, 0.3) is 11.8 Å². The van der Waals surface area contributed by atoms with Crippen LogP contribution >= 0.6 is 11.6 Å². The van der Waals surface area contributed by atoms with Gasteiger partial charge in [-0.1, -0.05) is 48.4 Å². The molecule has 2 aromatic rings. The van der Waals surface area contributed by atoms with Crippen LogP contribution in [0.1, 0.15) is 24.5 Å². The second kappa shape index (κ2) is 7.11. The van der Waals surface area contributed by atoms with Crippen LogP contribution in [0.4, 0.5) is 5.69 Å². The number of carbonyl (C=O) groups is 2. The number of halogens is 1. The minimum atomic E-state index is -0.294. The minimum Gasteiger partial charge on any atom is -0.350 e. The van der Waals surface area contributed by atoms with Crippen molar-refractivity contribution < 1.29 is 9.59 Å². The summed E-state index contributed by atoms with van der Waals surface area (Å²) in [5.41, 5.74) is 3.27. The van der Waals surface area contributed by atoms with Gasteiger partial charge in [-0.2, -0.15) is 0 Å². The fourth-order valence-electron chi connectivity index (χ4n) is 2.78. The lowest BCUT2D eigenvalue weighted by Crippen LogP contribution is -2.33. The first kappa shape index (κ1) is 17.2. The fraction of sp³-hybridized carbons (Fsp3) is 0.200. The molecule has 128 valence electrons. The van der Waals surface area contributed by atoms with Crippen LogP contribution in [0.2, 0.25) is 5.02 Å². The highest BCUT2D eigenvalue weighted by Gasteiger charge is 2.38. The lowest BCUT2D eigenvalue weighted by atomic mass is 10.0. The molecule has 2 aromatic carbocycles. The zero-order valence-corrected chi connectivity index (χ0v) is 14.9. The SMILES string of the molecule is CCCN1C(=O)C(Nc2ccc(C)cc2)=C(c2ccc(Cl)cc2)C1=O. The normalized spacial score (nSPS) is 14.4. The van der Waals surface area contributed by atoms with Gasteiger partial charge in [-0.3, -0.25) is 14.5 Å². The number of rotatable bonds is 5. The lowest BCUT2D eigenvalue weighted by molar-refractivity contribution is -0.136. The molecule has 2 amide bonds. The Bertz CT molecular complexity index is 839. The van der Waals surface area contributed by atoms with E-state index in [0.29, 0.717) is 34.8 Å². The topological polar surface area (TPSA) is 49.4 Å². The van der Waals surface area contributed by atoms with Gasteiger partial charge >= 0.3 is 0 Å². The van der Waals surface area contributed by atoms with Crippen LogP contribution in [0.5, 0.6) is 0 Å². The summed E-state index contributed by atoms with van der Waals surface area (Å²) in [4.78, 5) is 26.9. The standard InChI is InChI=1S/C20H19ClN2O2/c1-3-12-23-19(24)17(14-6-8-15(21)9-7-14)18(20(23)25)22-16-10-4-13(2)5-11-16/h4-11,22H,3,12H2,1-2H3. The molecule has 0 saturated heterocycles. The van der Waals surface area contributed by atoms with E-state index < -0.39 is 0 Å². The van der Waals surface area contributed by atoms with Crippen LogP contribution in [0, 0.1) is 6.92 Å². The third kappa shape index (κ3) is 3.44. The Morgan fingerprint density at radius 3 is 2.20 bits per heavy atom. The number of anilines is 1. The Balaban J connectivity index is 2.05. The Kier molecular flexibility index (Phi) is 4.91. The van der Waals surface area contributed by atoms with Gasteiger partial charge in [0.15, 0.2) is 0 Å². The van der Waals surface area contributed by atoms with E-state index in [4.69, 9.17) is 11.6 Å². The molecule has 1 aliphatic rings.